The van der Waals surface area contributed by atoms with E-state index in [0.717, 1.165) is 48.0 Å². The molecule has 2 aromatic carbocycles. The van der Waals surface area contributed by atoms with Crippen molar-refractivity contribution in [3.05, 3.63) is 66.5 Å². The Kier molecular flexibility index (Phi) is 4.93. The van der Waals surface area contributed by atoms with E-state index in [0.29, 0.717) is 18.0 Å². The molecule has 4 nitrogen and oxygen atoms in total. The Morgan fingerprint density at radius 3 is 2.96 bits per heavy atom. The zero-order valence-electron chi connectivity index (χ0n) is 14.7. The van der Waals surface area contributed by atoms with Crippen LogP contribution in [0.2, 0.25) is 0 Å². The third kappa shape index (κ3) is 3.60. The largest absolute Gasteiger partial charge is 0.381 e. The molecule has 1 atom stereocenters. The minimum Gasteiger partial charge on any atom is -0.381 e. The van der Waals surface area contributed by atoms with Crippen LogP contribution in [0.3, 0.4) is 0 Å². The molecule has 0 unspecified atom stereocenters. The summed E-state index contributed by atoms with van der Waals surface area (Å²) in [7, 11) is 0. The number of carbonyl (C=O) groups excluding carboxylic acids is 1. The van der Waals surface area contributed by atoms with Crippen LogP contribution in [0.1, 0.15) is 23.2 Å². The van der Waals surface area contributed by atoms with E-state index >= 15 is 0 Å². The normalized spacial score (nSPS) is 16.7. The van der Waals surface area contributed by atoms with Crippen molar-refractivity contribution >= 4 is 16.7 Å². The van der Waals surface area contributed by atoms with Gasteiger partial charge in [0.15, 0.2) is 0 Å². The molecule has 1 fully saturated rings. The van der Waals surface area contributed by atoms with Crippen LogP contribution in [0.25, 0.3) is 21.9 Å². The molecular formula is C22H22N2O2. The van der Waals surface area contributed by atoms with Gasteiger partial charge < -0.3 is 10.1 Å². The van der Waals surface area contributed by atoms with Gasteiger partial charge in [0.2, 0.25) is 0 Å². The Bertz CT molecular complexity index is 911. The molecule has 1 aliphatic heterocycles. The monoisotopic (exact) mass is 346 g/mol. The zero-order chi connectivity index (χ0) is 17.8. The maximum atomic E-state index is 12.5. The zero-order valence-corrected chi connectivity index (χ0v) is 14.7. The van der Waals surface area contributed by atoms with Crippen molar-refractivity contribution in [2.24, 2.45) is 5.92 Å². The fourth-order valence-corrected chi connectivity index (χ4v) is 3.48. The van der Waals surface area contributed by atoms with Crippen LogP contribution in [0.4, 0.5) is 0 Å². The van der Waals surface area contributed by atoms with Gasteiger partial charge in [-0.15, -0.1) is 0 Å². The minimum atomic E-state index is -0.0287. The van der Waals surface area contributed by atoms with E-state index in [9.17, 15) is 4.79 Å². The number of fused-ring (bicyclic) bond motifs is 1. The second kappa shape index (κ2) is 7.67. The van der Waals surface area contributed by atoms with E-state index in [2.05, 4.69) is 22.4 Å². The van der Waals surface area contributed by atoms with Crippen molar-refractivity contribution in [2.75, 3.05) is 19.8 Å². The van der Waals surface area contributed by atoms with Crippen LogP contribution in [0, 0.1) is 5.92 Å². The molecule has 0 aliphatic carbocycles. The first-order valence-electron chi connectivity index (χ1n) is 9.10. The van der Waals surface area contributed by atoms with Crippen LogP contribution in [-0.2, 0) is 4.74 Å². The lowest BCUT2D eigenvalue weighted by molar-refractivity contribution is 0.0950. The van der Waals surface area contributed by atoms with Gasteiger partial charge in [-0.05, 0) is 41.8 Å². The van der Waals surface area contributed by atoms with Gasteiger partial charge in [-0.25, -0.2) is 0 Å². The number of pyridine rings is 1. The number of hydrogen-bond acceptors (Lipinski definition) is 3. The van der Waals surface area contributed by atoms with Gasteiger partial charge in [0.25, 0.3) is 5.91 Å². The highest BCUT2D eigenvalue weighted by Gasteiger charge is 2.16. The smallest absolute Gasteiger partial charge is 0.251 e. The first-order chi connectivity index (χ1) is 12.8. The molecule has 1 N–H and O–H groups in total. The molecule has 0 saturated carbocycles. The standard InChI is InChI=1S/C22H22N2O2/c25-22(24-10-8-16-9-11-26-15-16)18-6-3-5-17(12-18)21-14-23-13-19-4-1-2-7-20(19)21/h1-7,12-14,16H,8-11,15H2,(H,24,25)/t16-/m1/s1. The summed E-state index contributed by atoms with van der Waals surface area (Å²) < 4.78 is 5.38. The van der Waals surface area contributed by atoms with E-state index in [-0.39, 0.29) is 5.91 Å². The molecule has 2 heterocycles. The SMILES string of the molecule is O=C(NCC[C@@H]1CCOC1)c1cccc(-c2cncc3ccccc23)c1. The lowest BCUT2D eigenvalue weighted by Gasteiger charge is -2.10. The molecule has 0 radical (unpaired) electrons. The molecule has 0 spiro atoms. The van der Waals surface area contributed by atoms with Gasteiger partial charge in [0.05, 0.1) is 0 Å². The molecule has 1 aromatic heterocycles. The minimum absolute atomic E-state index is 0.0287. The average Bonchev–Trinajstić information content (AvgIpc) is 3.21. The van der Waals surface area contributed by atoms with Gasteiger partial charge in [-0.1, -0.05) is 36.4 Å². The predicted molar refractivity (Wildman–Crippen MR) is 103 cm³/mol. The van der Waals surface area contributed by atoms with Crippen molar-refractivity contribution in [2.45, 2.75) is 12.8 Å². The second-order valence-electron chi connectivity index (χ2n) is 6.76. The summed E-state index contributed by atoms with van der Waals surface area (Å²) in [5.41, 5.74) is 2.73. The van der Waals surface area contributed by atoms with Gasteiger partial charge in [0, 0.05) is 48.7 Å². The summed E-state index contributed by atoms with van der Waals surface area (Å²) in [6.45, 7) is 2.35. The maximum Gasteiger partial charge on any atom is 0.251 e. The Morgan fingerprint density at radius 2 is 2.08 bits per heavy atom. The summed E-state index contributed by atoms with van der Waals surface area (Å²) in [6.07, 6.45) is 5.79. The van der Waals surface area contributed by atoms with E-state index in [1.165, 1.54) is 0 Å². The molecule has 1 saturated heterocycles. The summed E-state index contributed by atoms with van der Waals surface area (Å²) in [4.78, 5) is 16.9. The highest BCUT2D eigenvalue weighted by molar-refractivity contribution is 5.99. The van der Waals surface area contributed by atoms with E-state index < -0.39 is 0 Å². The molecular weight excluding hydrogens is 324 g/mol. The molecule has 0 bridgehead atoms. The Hall–Kier alpha value is -2.72. The Labute approximate surface area is 153 Å². The summed E-state index contributed by atoms with van der Waals surface area (Å²) >= 11 is 0. The van der Waals surface area contributed by atoms with Gasteiger partial charge >= 0.3 is 0 Å². The van der Waals surface area contributed by atoms with Crippen LogP contribution >= 0.6 is 0 Å². The van der Waals surface area contributed by atoms with E-state index in [4.69, 9.17) is 4.74 Å². The van der Waals surface area contributed by atoms with Crippen LogP contribution in [0.5, 0.6) is 0 Å². The first kappa shape index (κ1) is 16.7. The van der Waals surface area contributed by atoms with E-state index in [1.54, 1.807) is 0 Å². The number of rotatable bonds is 5. The molecule has 3 aromatic rings. The Morgan fingerprint density at radius 1 is 1.15 bits per heavy atom. The first-order valence-corrected chi connectivity index (χ1v) is 9.10. The number of nitrogens with one attached hydrogen (secondary N) is 1. The van der Waals surface area contributed by atoms with Crippen molar-refractivity contribution in [1.29, 1.82) is 0 Å². The van der Waals surface area contributed by atoms with Gasteiger partial charge in [0.1, 0.15) is 0 Å². The lowest BCUT2D eigenvalue weighted by atomic mass is 9.99. The average molecular weight is 346 g/mol. The molecule has 132 valence electrons. The maximum absolute atomic E-state index is 12.5. The number of nitrogens with zero attached hydrogens (tertiary/aromatic N) is 1. The number of carbonyl (C=O) groups is 1. The molecule has 1 amide bonds. The highest BCUT2D eigenvalue weighted by atomic mass is 16.5. The van der Waals surface area contributed by atoms with Crippen LogP contribution in [-0.4, -0.2) is 30.6 Å². The third-order valence-electron chi connectivity index (χ3n) is 4.97. The van der Waals surface area contributed by atoms with Crippen molar-refractivity contribution < 1.29 is 9.53 Å². The van der Waals surface area contributed by atoms with Crippen LogP contribution < -0.4 is 5.32 Å². The summed E-state index contributed by atoms with van der Waals surface area (Å²) in [6, 6.07) is 15.9. The molecule has 4 rings (SSSR count). The number of amides is 1. The molecule has 1 aliphatic rings. The van der Waals surface area contributed by atoms with Crippen molar-refractivity contribution in [3.8, 4) is 11.1 Å². The third-order valence-corrected chi connectivity index (χ3v) is 4.97. The predicted octanol–water partition coefficient (Wildman–Crippen LogP) is 4.06. The molecule has 4 heteroatoms. The van der Waals surface area contributed by atoms with Crippen LogP contribution in [0.15, 0.2) is 60.9 Å². The lowest BCUT2D eigenvalue weighted by Crippen LogP contribution is -2.26. The van der Waals surface area contributed by atoms with Crippen molar-refractivity contribution in [3.63, 3.8) is 0 Å². The molecule has 26 heavy (non-hydrogen) atoms. The second-order valence-corrected chi connectivity index (χ2v) is 6.76. The number of hydrogen-bond donors (Lipinski definition) is 1. The van der Waals surface area contributed by atoms with Crippen molar-refractivity contribution in [1.82, 2.24) is 10.3 Å². The van der Waals surface area contributed by atoms with Gasteiger partial charge in [-0.3, -0.25) is 9.78 Å². The summed E-state index contributed by atoms with van der Waals surface area (Å²) in [5, 5.41) is 5.27. The quantitative estimate of drug-likeness (QED) is 0.758. The number of aromatic nitrogens is 1. The van der Waals surface area contributed by atoms with E-state index in [1.807, 2.05) is 48.8 Å². The summed E-state index contributed by atoms with van der Waals surface area (Å²) in [5.74, 6) is 0.544. The highest BCUT2D eigenvalue weighted by Crippen LogP contribution is 2.28. The van der Waals surface area contributed by atoms with Gasteiger partial charge in [-0.2, -0.15) is 0 Å². The number of benzene rings is 2. The Balaban J connectivity index is 1.51. The number of ether oxygens (including phenoxy) is 1. The fourth-order valence-electron chi connectivity index (χ4n) is 3.48. The topological polar surface area (TPSA) is 51.2 Å². The fraction of sp³-hybridized carbons (Fsp3) is 0.273.